The number of aliphatic hydroxyl groups is 3. The smallest absolute Gasteiger partial charge is 0.280 e. The molecule has 0 fully saturated rings. The van der Waals surface area contributed by atoms with Gasteiger partial charge in [-0.2, -0.15) is 0 Å². The van der Waals surface area contributed by atoms with Gasteiger partial charge in [0.2, 0.25) is 0 Å². The van der Waals surface area contributed by atoms with Crippen LogP contribution in [0, 0.1) is 0 Å². The Kier molecular flexibility index (Phi) is 10.7. The number of amides is 1. The van der Waals surface area contributed by atoms with Crippen molar-refractivity contribution in [3.63, 3.8) is 0 Å². The van der Waals surface area contributed by atoms with Crippen molar-refractivity contribution in [1.82, 2.24) is 15.3 Å². The largest absolute Gasteiger partial charge is 0.491 e. The van der Waals surface area contributed by atoms with Gasteiger partial charge < -0.3 is 36.8 Å². The number of unbranched alkanes of at least 4 members (excludes halogenated alkanes) is 1. The molecule has 0 bridgehead atoms. The number of anilines is 2. The second kappa shape index (κ2) is 13.5. The first-order valence-electron chi connectivity index (χ1n) is 10.6. The topological polar surface area (TPSA) is 201 Å². The van der Waals surface area contributed by atoms with Crippen molar-refractivity contribution >= 4 is 35.1 Å². The Morgan fingerprint density at radius 1 is 1.21 bits per heavy atom. The number of aliphatic hydroxyl groups excluding tert-OH is 3. The highest BCUT2D eigenvalue weighted by atomic mass is 35.5. The fraction of sp³-hybridized carbons (Fsp3) is 0.429. The number of halogens is 1. The Labute approximate surface area is 202 Å². The Morgan fingerprint density at radius 2 is 1.91 bits per heavy atom. The van der Waals surface area contributed by atoms with Crippen LogP contribution in [0.15, 0.2) is 29.3 Å². The molecule has 0 saturated carbocycles. The second-order valence-electron chi connectivity index (χ2n) is 7.30. The molecule has 1 aromatic heterocycles. The summed E-state index contributed by atoms with van der Waals surface area (Å²) in [7, 11) is 1.60. The van der Waals surface area contributed by atoms with Crippen LogP contribution >= 0.6 is 11.6 Å². The Hall–Kier alpha value is -3.19. The van der Waals surface area contributed by atoms with Gasteiger partial charge in [0.1, 0.15) is 24.6 Å². The van der Waals surface area contributed by atoms with E-state index in [0.717, 1.165) is 24.8 Å². The minimum absolute atomic E-state index is 0.00930. The van der Waals surface area contributed by atoms with Crippen LogP contribution in [0.2, 0.25) is 5.15 Å². The van der Waals surface area contributed by atoms with E-state index >= 15 is 0 Å². The van der Waals surface area contributed by atoms with Gasteiger partial charge in [-0.1, -0.05) is 23.7 Å². The number of nitrogens with one attached hydrogen (secondary N) is 2. The molecule has 1 heterocycles. The van der Waals surface area contributed by atoms with Gasteiger partial charge in [-0.25, -0.2) is 9.97 Å². The zero-order chi connectivity index (χ0) is 25.1. The molecule has 0 aliphatic rings. The number of carbonyl (C=O) groups excluding carboxylic acids is 1. The van der Waals surface area contributed by atoms with Crippen molar-refractivity contribution in [2.75, 3.05) is 37.9 Å². The summed E-state index contributed by atoms with van der Waals surface area (Å²) in [6, 6.07) is 7.34. The van der Waals surface area contributed by atoms with Crippen LogP contribution in [0.4, 0.5) is 11.6 Å². The second-order valence-corrected chi connectivity index (χ2v) is 7.66. The van der Waals surface area contributed by atoms with Crippen molar-refractivity contribution in [2.45, 2.75) is 31.5 Å². The van der Waals surface area contributed by atoms with Crippen LogP contribution in [-0.2, 0) is 6.42 Å². The number of aliphatic imine (C=N–C) groups is 1. The van der Waals surface area contributed by atoms with Crippen molar-refractivity contribution < 1.29 is 24.9 Å². The predicted molar refractivity (Wildman–Crippen MR) is 129 cm³/mol. The average molecular weight is 496 g/mol. The Morgan fingerprint density at radius 3 is 2.56 bits per heavy atom. The molecule has 1 amide bonds. The Bertz CT molecular complexity index is 975. The molecule has 34 heavy (non-hydrogen) atoms. The highest BCUT2D eigenvalue weighted by molar-refractivity contribution is 6.32. The molecule has 2 unspecified atom stereocenters. The van der Waals surface area contributed by atoms with Crippen LogP contribution in [0.25, 0.3) is 0 Å². The van der Waals surface area contributed by atoms with E-state index in [1.54, 1.807) is 19.2 Å². The number of guanidine groups is 1. The summed E-state index contributed by atoms with van der Waals surface area (Å²) in [4.78, 5) is 24.3. The molecule has 186 valence electrons. The summed E-state index contributed by atoms with van der Waals surface area (Å²) >= 11 is 5.94. The number of rotatable bonds is 12. The first kappa shape index (κ1) is 27.1. The minimum atomic E-state index is -1.24. The number of benzene rings is 1. The van der Waals surface area contributed by atoms with Gasteiger partial charge >= 0.3 is 0 Å². The van der Waals surface area contributed by atoms with Gasteiger partial charge in [-0.3, -0.25) is 15.1 Å². The molecule has 0 radical (unpaired) electrons. The van der Waals surface area contributed by atoms with Crippen LogP contribution in [-0.4, -0.2) is 76.2 Å². The average Bonchev–Trinajstić information content (AvgIpc) is 2.83. The fourth-order valence-corrected chi connectivity index (χ4v) is 3.00. The molecular formula is C21H30ClN7O5. The zero-order valence-electron chi connectivity index (χ0n) is 18.7. The number of ether oxygens (including phenoxy) is 1. The summed E-state index contributed by atoms with van der Waals surface area (Å²) in [5.41, 5.74) is 12.5. The van der Waals surface area contributed by atoms with Crippen LogP contribution in [0.3, 0.4) is 0 Å². The molecule has 9 N–H and O–H groups in total. The summed E-state index contributed by atoms with van der Waals surface area (Å²) in [5.74, 6) is 0.00499. The number of nitrogens with two attached hydrogens (primary N) is 2. The normalized spacial score (nSPS) is 13.3. The molecule has 0 aliphatic heterocycles. The van der Waals surface area contributed by atoms with E-state index in [1.165, 1.54) is 0 Å². The molecule has 0 saturated heterocycles. The van der Waals surface area contributed by atoms with Gasteiger partial charge in [0.15, 0.2) is 28.4 Å². The lowest BCUT2D eigenvalue weighted by atomic mass is 10.1. The SMILES string of the molecule is CNc1nc(N)c(C(=O)NC(N)=NCCCCc2ccc(OCC(O)C(O)CO)cc2)nc1Cl. The summed E-state index contributed by atoms with van der Waals surface area (Å²) < 4.78 is 5.39. The lowest BCUT2D eigenvalue weighted by molar-refractivity contribution is -0.0339. The molecule has 12 nitrogen and oxygen atoms in total. The van der Waals surface area contributed by atoms with Crippen LogP contribution < -0.4 is 26.8 Å². The predicted octanol–water partition coefficient (Wildman–Crippen LogP) is -0.0858. The lowest BCUT2D eigenvalue weighted by Crippen LogP contribution is -2.38. The third-order valence-electron chi connectivity index (χ3n) is 4.70. The van der Waals surface area contributed by atoms with Gasteiger partial charge in [-0.15, -0.1) is 0 Å². The number of aryl methyl sites for hydroxylation is 1. The molecule has 2 atom stereocenters. The Balaban J connectivity index is 1.73. The highest BCUT2D eigenvalue weighted by Gasteiger charge is 2.17. The van der Waals surface area contributed by atoms with E-state index in [-0.39, 0.29) is 35.0 Å². The molecule has 1 aromatic carbocycles. The fourth-order valence-electron chi connectivity index (χ4n) is 2.78. The van der Waals surface area contributed by atoms with E-state index in [1.807, 2.05) is 12.1 Å². The zero-order valence-corrected chi connectivity index (χ0v) is 19.5. The molecule has 13 heteroatoms. The van der Waals surface area contributed by atoms with Crippen LogP contribution in [0.1, 0.15) is 28.9 Å². The monoisotopic (exact) mass is 495 g/mol. The molecule has 2 aromatic rings. The number of aromatic nitrogens is 2. The van der Waals surface area contributed by atoms with Crippen molar-refractivity contribution in [2.24, 2.45) is 10.7 Å². The third-order valence-corrected chi connectivity index (χ3v) is 4.97. The van der Waals surface area contributed by atoms with Gasteiger partial charge in [-0.05, 0) is 37.0 Å². The number of nitrogen functional groups attached to an aromatic ring is 1. The quantitative estimate of drug-likeness (QED) is 0.118. The van der Waals surface area contributed by atoms with E-state index < -0.39 is 24.7 Å². The van der Waals surface area contributed by atoms with Gasteiger partial charge in [0.25, 0.3) is 5.91 Å². The van der Waals surface area contributed by atoms with Crippen molar-refractivity contribution in [3.8, 4) is 5.75 Å². The van der Waals surface area contributed by atoms with E-state index in [0.29, 0.717) is 12.3 Å². The van der Waals surface area contributed by atoms with E-state index in [9.17, 15) is 15.0 Å². The molecule has 0 spiro atoms. The molecule has 0 aliphatic carbocycles. The maximum absolute atomic E-state index is 12.3. The lowest BCUT2D eigenvalue weighted by Gasteiger charge is -2.16. The first-order valence-corrected chi connectivity index (χ1v) is 10.9. The summed E-state index contributed by atoms with van der Waals surface area (Å²) in [6.07, 6.45) is -0.0173. The van der Waals surface area contributed by atoms with E-state index in [2.05, 4.69) is 25.6 Å². The number of hydrogen-bond donors (Lipinski definition) is 7. The van der Waals surface area contributed by atoms with Gasteiger partial charge in [0, 0.05) is 13.6 Å². The maximum Gasteiger partial charge on any atom is 0.280 e. The highest BCUT2D eigenvalue weighted by Crippen LogP contribution is 2.19. The summed E-state index contributed by atoms with van der Waals surface area (Å²) in [6.45, 7) is -0.238. The summed E-state index contributed by atoms with van der Waals surface area (Å²) in [5, 5.41) is 32.8. The number of carbonyl (C=O) groups is 1. The van der Waals surface area contributed by atoms with Gasteiger partial charge in [0.05, 0.1) is 6.61 Å². The van der Waals surface area contributed by atoms with Crippen molar-refractivity contribution in [3.05, 3.63) is 40.7 Å². The van der Waals surface area contributed by atoms with Crippen LogP contribution in [0.5, 0.6) is 5.75 Å². The van der Waals surface area contributed by atoms with E-state index in [4.69, 9.17) is 32.9 Å². The molecule has 2 rings (SSSR count). The third kappa shape index (κ3) is 8.30. The number of hydrogen-bond acceptors (Lipinski definition) is 10. The number of nitrogens with zero attached hydrogens (tertiary/aromatic N) is 3. The molecular weight excluding hydrogens is 466 g/mol. The van der Waals surface area contributed by atoms with Crippen molar-refractivity contribution in [1.29, 1.82) is 0 Å². The standard InChI is InChI=1S/C21H30ClN7O5/c1-25-19-17(22)27-16(18(23)28-19)20(33)29-21(24)26-9-3-2-4-12-5-7-13(8-6-12)34-11-15(32)14(31)10-30/h5-8,14-15,30-32H,2-4,9-11H2,1H3,(H3,23,25,28)(H3,24,26,29,33). The minimum Gasteiger partial charge on any atom is -0.491 e. The maximum atomic E-state index is 12.3. The first-order chi connectivity index (χ1) is 16.2.